The van der Waals surface area contributed by atoms with E-state index in [2.05, 4.69) is 50.0 Å². The Bertz CT molecular complexity index is 1360. The second-order valence-electron chi connectivity index (χ2n) is 9.46. The van der Waals surface area contributed by atoms with Gasteiger partial charge in [-0.2, -0.15) is 0 Å². The molecule has 2 aromatic carbocycles. The van der Waals surface area contributed by atoms with Crippen LogP contribution < -0.4 is 16.1 Å². The van der Waals surface area contributed by atoms with Crippen molar-refractivity contribution >= 4 is 17.4 Å². The second-order valence-corrected chi connectivity index (χ2v) is 9.46. The number of anilines is 2. The minimum Gasteiger partial charge on any atom is -0.406 e. The molecule has 0 saturated carbocycles. The van der Waals surface area contributed by atoms with Crippen LogP contribution in [0.15, 0.2) is 88.2 Å². The van der Waals surface area contributed by atoms with Gasteiger partial charge in [0, 0.05) is 43.2 Å². The summed E-state index contributed by atoms with van der Waals surface area (Å²) in [7, 11) is 1.96. The molecule has 0 radical (unpaired) electrons. The van der Waals surface area contributed by atoms with Gasteiger partial charge in [-0.15, -0.1) is 5.10 Å². The summed E-state index contributed by atoms with van der Waals surface area (Å²) in [6.45, 7) is 9.28. The number of hydrazine groups is 1. The Labute approximate surface area is 215 Å². The Kier molecular flexibility index (Phi) is 5.90. The van der Waals surface area contributed by atoms with Gasteiger partial charge in [0.1, 0.15) is 0 Å². The Hall–Kier alpha value is -4.15. The molecule has 1 aromatic heterocycles. The maximum Gasteiger partial charge on any atom is 0.317 e. The Morgan fingerprint density at radius 2 is 1.81 bits per heavy atom. The number of morpholine rings is 1. The van der Waals surface area contributed by atoms with Crippen molar-refractivity contribution in [1.82, 2.24) is 25.5 Å². The molecule has 0 spiro atoms. The van der Waals surface area contributed by atoms with Crippen LogP contribution in [-0.2, 0) is 10.3 Å². The molecule has 3 aliphatic rings. The molecule has 10 nitrogen and oxygen atoms in total. The number of nitrogens with one attached hydrogen (secondary N) is 3. The number of benzodiazepines with no additional fused rings is 1. The van der Waals surface area contributed by atoms with E-state index in [4.69, 9.17) is 14.1 Å². The van der Waals surface area contributed by atoms with E-state index in [0.29, 0.717) is 24.8 Å². The van der Waals surface area contributed by atoms with Crippen molar-refractivity contribution < 1.29 is 9.15 Å². The zero-order chi connectivity index (χ0) is 25.4. The van der Waals surface area contributed by atoms with E-state index in [-0.39, 0.29) is 6.01 Å². The van der Waals surface area contributed by atoms with E-state index in [9.17, 15) is 0 Å². The maximum absolute atomic E-state index is 6.19. The number of nitrogens with zero attached hydrogens (tertiary/aromatic N) is 5. The third kappa shape index (κ3) is 4.34. The molecule has 3 aliphatic heterocycles. The summed E-state index contributed by atoms with van der Waals surface area (Å²) in [5, 5.41) is 17.4. The normalized spacial score (nSPS) is 23.6. The first-order valence-electron chi connectivity index (χ1n) is 12.4. The van der Waals surface area contributed by atoms with Crippen LogP contribution in [-0.4, -0.2) is 65.3 Å². The Morgan fingerprint density at radius 3 is 2.62 bits per heavy atom. The lowest BCUT2D eigenvalue weighted by atomic mass is 9.98. The summed E-state index contributed by atoms with van der Waals surface area (Å²) < 4.78 is 11.7. The van der Waals surface area contributed by atoms with Crippen molar-refractivity contribution in [3.8, 4) is 0 Å². The summed E-state index contributed by atoms with van der Waals surface area (Å²) in [4.78, 5) is 7.34. The molecule has 190 valence electrons. The quantitative estimate of drug-likeness (QED) is 0.490. The van der Waals surface area contributed by atoms with Gasteiger partial charge in [-0.1, -0.05) is 60.2 Å². The van der Waals surface area contributed by atoms with Gasteiger partial charge in [-0.05, 0) is 13.0 Å². The fourth-order valence-electron chi connectivity index (χ4n) is 4.98. The molecule has 3 aromatic rings. The lowest BCUT2D eigenvalue weighted by Crippen LogP contribution is -2.48. The molecule has 0 amide bonds. The summed E-state index contributed by atoms with van der Waals surface area (Å²) in [6.07, 6.45) is 1.53. The molecule has 1 saturated heterocycles. The molecule has 0 aliphatic carbocycles. The van der Waals surface area contributed by atoms with Gasteiger partial charge >= 0.3 is 6.01 Å². The van der Waals surface area contributed by atoms with Crippen molar-refractivity contribution in [2.24, 2.45) is 4.99 Å². The third-order valence-corrected chi connectivity index (χ3v) is 6.81. The van der Waals surface area contributed by atoms with Gasteiger partial charge in [-0.3, -0.25) is 4.99 Å². The van der Waals surface area contributed by atoms with E-state index >= 15 is 0 Å². The minimum absolute atomic E-state index is 0.268. The molecule has 3 N–H and O–H groups in total. The highest BCUT2D eigenvalue weighted by Gasteiger charge is 2.44. The zero-order valence-corrected chi connectivity index (χ0v) is 20.9. The van der Waals surface area contributed by atoms with Crippen LogP contribution in [0.5, 0.6) is 0 Å². The van der Waals surface area contributed by atoms with Crippen LogP contribution in [0.25, 0.3) is 0 Å². The van der Waals surface area contributed by atoms with Crippen LogP contribution in [0.4, 0.5) is 11.7 Å². The number of aromatic nitrogens is 2. The SMILES string of the molecule is C=C1Nc2ccccc2C(c2ccccc2)=N[C@@H]1Nc1nnc(C2(C)NN(C)C=C2N2CCOCC2)o1. The Morgan fingerprint density at radius 1 is 1.05 bits per heavy atom. The molecule has 0 bridgehead atoms. The largest absolute Gasteiger partial charge is 0.406 e. The highest BCUT2D eigenvalue weighted by molar-refractivity contribution is 6.16. The standard InChI is InChI=1S/C27H30N8O2/c1-18-24(29-23(19-9-5-4-6-10-19)20-11-7-8-12-21(20)28-18)30-26-32-31-25(37-26)27(2)22(17-34(3)33-27)35-13-15-36-16-14-35/h4-12,17,24,28,33H,1,13-16H2,2-3H3,(H,30,32)/t24-,27?/m1/s1. The van der Waals surface area contributed by atoms with Gasteiger partial charge in [0.25, 0.3) is 0 Å². The van der Waals surface area contributed by atoms with Crippen molar-refractivity contribution in [3.05, 3.63) is 95.8 Å². The summed E-state index contributed by atoms with van der Waals surface area (Å²) in [6, 6.07) is 18.4. The van der Waals surface area contributed by atoms with Gasteiger partial charge in [0.15, 0.2) is 11.7 Å². The first-order valence-corrected chi connectivity index (χ1v) is 12.4. The van der Waals surface area contributed by atoms with Crippen molar-refractivity contribution in [1.29, 1.82) is 0 Å². The monoisotopic (exact) mass is 498 g/mol. The van der Waals surface area contributed by atoms with Crippen molar-refractivity contribution in [2.75, 3.05) is 44.0 Å². The fourth-order valence-corrected chi connectivity index (χ4v) is 4.98. The summed E-state index contributed by atoms with van der Waals surface area (Å²) >= 11 is 0. The summed E-state index contributed by atoms with van der Waals surface area (Å²) in [5.74, 6) is 0.458. The lowest BCUT2D eigenvalue weighted by Gasteiger charge is -2.35. The molecule has 37 heavy (non-hydrogen) atoms. The predicted molar refractivity (Wildman–Crippen MR) is 142 cm³/mol. The first kappa shape index (κ1) is 23.3. The Balaban J connectivity index is 1.30. The van der Waals surface area contributed by atoms with E-state index in [1.807, 2.05) is 67.5 Å². The molecule has 2 atom stereocenters. The van der Waals surface area contributed by atoms with Gasteiger partial charge in [0.05, 0.1) is 30.3 Å². The number of aliphatic imine (C=N–C) groups is 1. The van der Waals surface area contributed by atoms with E-state index < -0.39 is 11.7 Å². The number of rotatable bonds is 5. The van der Waals surface area contributed by atoms with Crippen LogP contribution in [0, 0.1) is 0 Å². The van der Waals surface area contributed by atoms with E-state index in [0.717, 1.165) is 41.3 Å². The van der Waals surface area contributed by atoms with Crippen LogP contribution in [0.1, 0.15) is 23.9 Å². The van der Waals surface area contributed by atoms with Gasteiger partial charge in [-0.25, -0.2) is 5.43 Å². The maximum atomic E-state index is 6.19. The zero-order valence-electron chi connectivity index (χ0n) is 20.9. The number of benzene rings is 2. The van der Waals surface area contributed by atoms with Crippen LogP contribution in [0.3, 0.4) is 0 Å². The third-order valence-electron chi connectivity index (χ3n) is 6.81. The number of ether oxygens (including phenoxy) is 1. The van der Waals surface area contributed by atoms with E-state index in [1.165, 1.54) is 0 Å². The van der Waals surface area contributed by atoms with E-state index in [1.54, 1.807) is 0 Å². The average Bonchev–Trinajstić information content (AvgIpc) is 3.48. The van der Waals surface area contributed by atoms with Gasteiger partial charge < -0.3 is 29.7 Å². The fraction of sp³-hybridized carbons (Fsp3) is 0.296. The molecule has 1 fully saturated rings. The van der Waals surface area contributed by atoms with Crippen LogP contribution in [0.2, 0.25) is 0 Å². The summed E-state index contributed by atoms with van der Waals surface area (Å²) in [5.41, 5.74) is 8.31. The number of fused-ring (bicyclic) bond motifs is 1. The van der Waals surface area contributed by atoms with Crippen molar-refractivity contribution in [3.63, 3.8) is 0 Å². The highest BCUT2D eigenvalue weighted by Crippen LogP contribution is 2.36. The second kappa shape index (κ2) is 9.38. The molecule has 4 heterocycles. The van der Waals surface area contributed by atoms with Crippen LogP contribution >= 0.6 is 0 Å². The number of para-hydroxylation sites is 1. The molecular weight excluding hydrogens is 468 g/mol. The molecule has 6 rings (SSSR count). The smallest absolute Gasteiger partial charge is 0.317 e. The van der Waals surface area contributed by atoms with Gasteiger partial charge in [0.2, 0.25) is 5.89 Å². The average molecular weight is 499 g/mol. The van der Waals surface area contributed by atoms with Crippen molar-refractivity contribution in [2.45, 2.75) is 18.6 Å². The predicted octanol–water partition coefficient (Wildman–Crippen LogP) is 3.12. The molecule has 1 unspecified atom stereocenters. The first-order chi connectivity index (χ1) is 18.0. The number of hydrogen-bond acceptors (Lipinski definition) is 10. The minimum atomic E-state index is -0.674. The lowest BCUT2D eigenvalue weighted by molar-refractivity contribution is 0.0446. The molecular formula is C27H30N8O2. The number of hydrogen-bond donors (Lipinski definition) is 3. The molecule has 10 heteroatoms. The topological polar surface area (TPSA) is 103 Å². The highest BCUT2D eigenvalue weighted by atomic mass is 16.5.